The molecule has 0 saturated heterocycles. The molecule has 2 heteroatoms. The molecule has 1 heterocycles. The van der Waals surface area contributed by atoms with Gasteiger partial charge in [-0.15, -0.1) is 0 Å². The molecule has 0 atom stereocenters. The lowest BCUT2D eigenvalue weighted by atomic mass is 10.0. The van der Waals surface area contributed by atoms with Gasteiger partial charge in [-0.1, -0.05) is 26.0 Å². The Labute approximate surface area is 115 Å². The SMILES string of the molecule is CC(C)c1ccc(N=Cc2ccn(C(C)C)c2)cc1. The molecule has 2 aromatic rings. The van der Waals surface area contributed by atoms with Crippen LogP contribution in [-0.4, -0.2) is 10.8 Å². The van der Waals surface area contributed by atoms with Crippen molar-refractivity contribution in [1.29, 1.82) is 0 Å². The normalized spacial score (nSPS) is 11.9. The van der Waals surface area contributed by atoms with Crippen LogP contribution in [0.15, 0.2) is 47.7 Å². The molecule has 0 amide bonds. The van der Waals surface area contributed by atoms with Gasteiger partial charge in [-0.3, -0.25) is 4.99 Å². The van der Waals surface area contributed by atoms with Gasteiger partial charge in [0.25, 0.3) is 0 Å². The lowest BCUT2D eigenvalue weighted by Crippen LogP contribution is -1.95. The van der Waals surface area contributed by atoms with E-state index >= 15 is 0 Å². The number of rotatable bonds is 4. The van der Waals surface area contributed by atoms with Crippen molar-refractivity contribution in [2.75, 3.05) is 0 Å². The summed E-state index contributed by atoms with van der Waals surface area (Å²) in [6, 6.07) is 11.0. The largest absolute Gasteiger partial charge is 0.351 e. The molecular weight excluding hydrogens is 232 g/mol. The Kier molecular flexibility index (Phi) is 4.20. The second kappa shape index (κ2) is 5.87. The Bertz CT molecular complexity index is 545. The van der Waals surface area contributed by atoms with Crippen molar-refractivity contribution in [3.05, 3.63) is 53.9 Å². The van der Waals surface area contributed by atoms with Crippen LogP contribution in [0.2, 0.25) is 0 Å². The highest BCUT2D eigenvalue weighted by Gasteiger charge is 1.99. The van der Waals surface area contributed by atoms with E-state index in [0.29, 0.717) is 12.0 Å². The fourth-order valence-electron chi connectivity index (χ4n) is 1.92. The van der Waals surface area contributed by atoms with Crippen molar-refractivity contribution in [2.24, 2.45) is 4.99 Å². The maximum atomic E-state index is 4.51. The van der Waals surface area contributed by atoms with E-state index < -0.39 is 0 Å². The Hall–Kier alpha value is -1.83. The molecule has 0 aliphatic heterocycles. The van der Waals surface area contributed by atoms with Gasteiger partial charge in [0.05, 0.1) is 5.69 Å². The summed E-state index contributed by atoms with van der Waals surface area (Å²) >= 11 is 0. The zero-order valence-electron chi connectivity index (χ0n) is 12.2. The lowest BCUT2D eigenvalue weighted by Gasteiger charge is -2.05. The van der Waals surface area contributed by atoms with E-state index in [0.717, 1.165) is 11.3 Å². The van der Waals surface area contributed by atoms with E-state index in [4.69, 9.17) is 0 Å². The van der Waals surface area contributed by atoms with Gasteiger partial charge in [-0.2, -0.15) is 0 Å². The highest BCUT2D eigenvalue weighted by atomic mass is 15.0. The predicted molar refractivity (Wildman–Crippen MR) is 82.6 cm³/mol. The van der Waals surface area contributed by atoms with Gasteiger partial charge in [0, 0.05) is 30.2 Å². The summed E-state index contributed by atoms with van der Waals surface area (Å²) in [4.78, 5) is 4.51. The van der Waals surface area contributed by atoms with Crippen LogP contribution in [0.5, 0.6) is 0 Å². The second-order valence-electron chi connectivity index (χ2n) is 5.49. The van der Waals surface area contributed by atoms with E-state index in [-0.39, 0.29) is 0 Å². The lowest BCUT2D eigenvalue weighted by molar-refractivity contribution is 0.603. The van der Waals surface area contributed by atoms with Crippen molar-refractivity contribution in [3.8, 4) is 0 Å². The van der Waals surface area contributed by atoms with Crippen LogP contribution in [0.3, 0.4) is 0 Å². The first kappa shape index (κ1) is 13.6. The molecule has 0 spiro atoms. The van der Waals surface area contributed by atoms with Gasteiger partial charge >= 0.3 is 0 Å². The van der Waals surface area contributed by atoms with Gasteiger partial charge in [0.1, 0.15) is 0 Å². The molecule has 2 rings (SSSR count). The van der Waals surface area contributed by atoms with Crippen molar-refractivity contribution in [1.82, 2.24) is 4.57 Å². The fraction of sp³-hybridized carbons (Fsp3) is 0.353. The molecule has 0 fully saturated rings. The zero-order valence-corrected chi connectivity index (χ0v) is 12.2. The molecule has 1 aromatic carbocycles. The summed E-state index contributed by atoms with van der Waals surface area (Å²) in [7, 11) is 0. The first-order valence-corrected chi connectivity index (χ1v) is 6.88. The fourth-order valence-corrected chi connectivity index (χ4v) is 1.92. The number of aromatic nitrogens is 1. The van der Waals surface area contributed by atoms with Crippen molar-refractivity contribution < 1.29 is 0 Å². The van der Waals surface area contributed by atoms with Crippen LogP contribution in [0.1, 0.15) is 50.8 Å². The van der Waals surface area contributed by atoms with Crippen molar-refractivity contribution in [2.45, 2.75) is 39.7 Å². The summed E-state index contributed by atoms with van der Waals surface area (Å²) in [5.74, 6) is 0.568. The number of aliphatic imine (C=N–C) groups is 1. The molecule has 0 bridgehead atoms. The maximum Gasteiger partial charge on any atom is 0.0630 e. The summed E-state index contributed by atoms with van der Waals surface area (Å²) in [6.07, 6.45) is 6.13. The summed E-state index contributed by atoms with van der Waals surface area (Å²) in [6.45, 7) is 8.75. The third kappa shape index (κ3) is 3.57. The smallest absolute Gasteiger partial charge is 0.0630 e. The van der Waals surface area contributed by atoms with E-state index in [1.807, 2.05) is 6.21 Å². The van der Waals surface area contributed by atoms with E-state index in [2.05, 4.69) is 80.0 Å². The average molecular weight is 254 g/mol. The van der Waals surface area contributed by atoms with E-state index in [1.54, 1.807) is 0 Å². The monoisotopic (exact) mass is 254 g/mol. The molecule has 2 nitrogen and oxygen atoms in total. The topological polar surface area (TPSA) is 17.3 Å². The van der Waals surface area contributed by atoms with E-state index in [9.17, 15) is 0 Å². The minimum Gasteiger partial charge on any atom is -0.351 e. The van der Waals surface area contributed by atoms with E-state index in [1.165, 1.54) is 5.56 Å². The van der Waals surface area contributed by atoms with Crippen LogP contribution >= 0.6 is 0 Å². The molecular formula is C17H22N2. The van der Waals surface area contributed by atoms with Gasteiger partial charge < -0.3 is 4.57 Å². The highest BCUT2D eigenvalue weighted by Crippen LogP contribution is 2.19. The van der Waals surface area contributed by atoms with Gasteiger partial charge in [-0.05, 0) is 43.5 Å². The Morgan fingerprint density at radius 2 is 1.68 bits per heavy atom. The predicted octanol–water partition coefficient (Wildman–Crippen LogP) is 4.94. The molecule has 0 aliphatic rings. The standard InChI is InChI=1S/C17H22N2/c1-13(2)16-5-7-17(8-6-16)18-11-15-9-10-19(12-15)14(3)4/h5-14H,1-4H3. The molecule has 0 N–H and O–H groups in total. The Morgan fingerprint density at radius 3 is 2.21 bits per heavy atom. The van der Waals surface area contributed by atoms with Crippen LogP contribution in [0.25, 0.3) is 0 Å². The quantitative estimate of drug-likeness (QED) is 0.687. The number of hydrogen-bond acceptors (Lipinski definition) is 1. The van der Waals surface area contributed by atoms with Crippen LogP contribution in [0, 0.1) is 0 Å². The number of benzene rings is 1. The highest BCUT2D eigenvalue weighted by molar-refractivity contribution is 5.81. The van der Waals surface area contributed by atoms with Crippen molar-refractivity contribution >= 4 is 11.9 Å². The van der Waals surface area contributed by atoms with Gasteiger partial charge in [0.2, 0.25) is 0 Å². The van der Waals surface area contributed by atoms with Crippen LogP contribution < -0.4 is 0 Å². The van der Waals surface area contributed by atoms with Gasteiger partial charge in [0.15, 0.2) is 0 Å². The third-order valence-electron chi connectivity index (χ3n) is 3.26. The summed E-state index contributed by atoms with van der Waals surface area (Å²) in [5, 5.41) is 0. The molecule has 100 valence electrons. The van der Waals surface area contributed by atoms with Crippen LogP contribution in [0.4, 0.5) is 5.69 Å². The molecule has 0 aliphatic carbocycles. The summed E-state index contributed by atoms with van der Waals surface area (Å²) in [5.41, 5.74) is 3.49. The maximum absolute atomic E-state index is 4.51. The van der Waals surface area contributed by atoms with Gasteiger partial charge in [-0.25, -0.2) is 0 Å². The van der Waals surface area contributed by atoms with Crippen molar-refractivity contribution in [3.63, 3.8) is 0 Å². The Balaban J connectivity index is 2.09. The Morgan fingerprint density at radius 1 is 1.00 bits per heavy atom. The minimum atomic E-state index is 0.493. The first-order chi connectivity index (χ1) is 9.06. The molecule has 0 saturated carbocycles. The molecule has 1 aromatic heterocycles. The van der Waals surface area contributed by atoms with Crippen LogP contribution in [-0.2, 0) is 0 Å². The molecule has 0 radical (unpaired) electrons. The summed E-state index contributed by atoms with van der Waals surface area (Å²) < 4.78 is 2.18. The molecule has 19 heavy (non-hydrogen) atoms. The zero-order chi connectivity index (χ0) is 13.8. The first-order valence-electron chi connectivity index (χ1n) is 6.88. The second-order valence-corrected chi connectivity index (χ2v) is 5.49. The average Bonchev–Trinajstić information content (AvgIpc) is 2.86. The third-order valence-corrected chi connectivity index (χ3v) is 3.26. The number of hydrogen-bond donors (Lipinski definition) is 0. The number of nitrogens with zero attached hydrogens (tertiary/aromatic N) is 2. The minimum absolute atomic E-state index is 0.493. The molecule has 0 unspecified atom stereocenters.